The zero-order valence-electron chi connectivity index (χ0n) is 19.0. The summed E-state index contributed by atoms with van der Waals surface area (Å²) in [5.41, 5.74) is 7.37. The summed E-state index contributed by atoms with van der Waals surface area (Å²) >= 11 is 0. The average Bonchev–Trinajstić information content (AvgIpc) is 2.80. The molecule has 1 aromatic heterocycles. The number of halogens is 1. The molecule has 8 heteroatoms. The van der Waals surface area contributed by atoms with E-state index in [1.165, 1.54) is 12.1 Å². The van der Waals surface area contributed by atoms with Crippen molar-refractivity contribution in [2.75, 3.05) is 24.5 Å². The van der Waals surface area contributed by atoms with E-state index in [4.69, 9.17) is 15.5 Å². The number of carbonyl (C=O) groups is 1. The first-order valence-electron chi connectivity index (χ1n) is 11.0. The van der Waals surface area contributed by atoms with E-state index < -0.39 is 6.04 Å². The highest BCUT2D eigenvalue weighted by atomic mass is 19.1. The Bertz CT molecular complexity index is 1120. The van der Waals surface area contributed by atoms with Crippen LogP contribution in [0.1, 0.15) is 19.5 Å². The highest BCUT2D eigenvalue weighted by Crippen LogP contribution is 2.27. The van der Waals surface area contributed by atoms with E-state index in [-0.39, 0.29) is 11.7 Å². The van der Waals surface area contributed by atoms with Crippen molar-refractivity contribution in [3.8, 4) is 22.9 Å². The molecule has 1 atom stereocenters. The number of nitrogens with zero attached hydrogens (tertiary/aromatic N) is 4. The topological polar surface area (TPSA) is 84.6 Å². The third-order valence-electron chi connectivity index (χ3n) is 5.77. The second-order valence-electron chi connectivity index (χ2n) is 8.47. The van der Waals surface area contributed by atoms with Crippen LogP contribution in [0.15, 0.2) is 54.6 Å². The van der Waals surface area contributed by atoms with Gasteiger partial charge in [0, 0.05) is 43.0 Å². The number of nitrogens with two attached hydrogens (primary N) is 1. The van der Waals surface area contributed by atoms with Crippen molar-refractivity contribution >= 4 is 11.7 Å². The maximum absolute atomic E-state index is 13.1. The summed E-state index contributed by atoms with van der Waals surface area (Å²) < 4.78 is 18.9. The van der Waals surface area contributed by atoms with Crippen molar-refractivity contribution in [3.05, 3.63) is 66.1 Å². The number of hydrogen-bond donors (Lipinski definition) is 1. The highest BCUT2D eigenvalue weighted by molar-refractivity contribution is 5.84. The van der Waals surface area contributed by atoms with Crippen LogP contribution in [0.5, 0.6) is 11.5 Å². The first-order valence-corrected chi connectivity index (χ1v) is 11.0. The molecule has 1 aliphatic rings. The van der Waals surface area contributed by atoms with Crippen LogP contribution in [-0.4, -0.2) is 52.5 Å². The fraction of sp³-hybridized carbons (Fsp3) is 0.320. The van der Waals surface area contributed by atoms with Crippen molar-refractivity contribution in [2.45, 2.75) is 32.9 Å². The van der Waals surface area contributed by atoms with Gasteiger partial charge >= 0.3 is 0 Å². The lowest BCUT2D eigenvalue weighted by Gasteiger charge is -2.42. The van der Waals surface area contributed by atoms with Crippen molar-refractivity contribution in [1.82, 2.24) is 14.9 Å². The molecule has 172 valence electrons. The molecule has 2 N–H and O–H groups in total. The number of aryl methyl sites for hydroxylation is 1. The number of primary amides is 1. The summed E-state index contributed by atoms with van der Waals surface area (Å²) in [6.45, 7) is 8.20. The van der Waals surface area contributed by atoms with Gasteiger partial charge in [-0.15, -0.1) is 0 Å². The van der Waals surface area contributed by atoms with Gasteiger partial charge < -0.3 is 15.4 Å². The Morgan fingerprint density at radius 2 is 1.70 bits per heavy atom. The molecule has 33 heavy (non-hydrogen) atoms. The van der Waals surface area contributed by atoms with Crippen LogP contribution >= 0.6 is 0 Å². The minimum absolute atomic E-state index is 0.311. The molecule has 3 aromatic rings. The lowest BCUT2D eigenvalue weighted by atomic mass is 10.1. The first-order chi connectivity index (χ1) is 15.8. The van der Waals surface area contributed by atoms with Crippen LogP contribution in [0.25, 0.3) is 11.4 Å². The maximum atomic E-state index is 13.1. The van der Waals surface area contributed by atoms with Crippen LogP contribution in [0.2, 0.25) is 0 Å². The zero-order valence-corrected chi connectivity index (χ0v) is 19.0. The number of piperazine rings is 1. The molecule has 4 rings (SSSR count). The Hall–Kier alpha value is -3.52. The average molecular weight is 450 g/mol. The molecule has 0 aliphatic carbocycles. The number of rotatable bonds is 6. The van der Waals surface area contributed by atoms with Gasteiger partial charge in [0.2, 0.25) is 5.91 Å². The number of benzene rings is 2. The molecule has 0 bridgehead atoms. The van der Waals surface area contributed by atoms with Gasteiger partial charge in [-0.25, -0.2) is 14.4 Å². The van der Waals surface area contributed by atoms with Gasteiger partial charge in [-0.2, -0.15) is 0 Å². The summed E-state index contributed by atoms with van der Waals surface area (Å²) in [6, 6.07) is 15.0. The Morgan fingerprint density at radius 3 is 2.30 bits per heavy atom. The molecule has 1 saturated heterocycles. The molecule has 2 heterocycles. The maximum Gasteiger partial charge on any atom is 0.241 e. The Morgan fingerprint density at radius 1 is 1.06 bits per heavy atom. The monoisotopic (exact) mass is 449 g/mol. The molecule has 1 unspecified atom stereocenters. The molecule has 7 nitrogen and oxygen atoms in total. The summed E-state index contributed by atoms with van der Waals surface area (Å²) in [7, 11) is 0. The lowest BCUT2D eigenvalue weighted by Crippen LogP contribution is -2.59. The molecule has 1 amide bonds. The van der Waals surface area contributed by atoms with Crippen LogP contribution in [0.4, 0.5) is 10.2 Å². The molecule has 1 aliphatic heterocycles. The number of anilines is 1. The number of carbonyl (C=O) groups excluding carboxylic acids is 1. The van der Waals surface area contributed by atoms with Crippen LogP contribution < -0.4 is 15.4 Å². The highest BCUT2D eigenvalue weighted by Gasteiger charge is 2.33. The number of amides is 1. The van der Waals surface area contributed by atoms with Gasteiger partial charge in [0.25, 0.3) is 0 Å². The number of aromatic nitrogens is 2. The van der Waals surface area contributed by atoms with E-state index in [0.29, 0.717) is 42.3 Å². The Kier molecular flexibility index (Phi) is 6.55. The van der Waals surface area contributed by atoms with Crippen molar-refractivity contribution in [2.24, 2.45) is 5.73 Å². The minimum Gasteiger partial charge on any atom is -0.457 e. The third-order valence-corrected chi connectivity index (χ3v) is 5.77. The molecule has 1 fully saturated rings. The fourth-order valence-electron chi connectivity index (χ4n) is 3.93. The normalized spacial score (nSPS) is 16.8. The molecular weight excluding hydrogens is 421 g/mol. The SMILES string of the molecule is Cc1cc(N2CCN(C(C)C)CC2C(N)=O)nc(-c2ccc(Oc3ccc(F)cc3)cc2)n1. The van der Waals surface area contributed by atoms with Gasteiger partial charge in [-0.1, -0.05) is 0 Å². The van der Waals surface area contributed by atoms with Crippen LogP contribution in [-0.2, 0) is 4.79 Å². The Labute approximate surface area is 193 Å². The standard InChI is InChI=1S/C25H28FN5O2/c1-16(2)30-12-13-31(22(15-30)24(27)32)23-14-17(3)28-25(29-23)18-4-8-20(9-5-18)33-21-10-6-19(26)7-11-21/h4-11,14,16,22H,12-13,15H2,1-3H3,(H2,27,32). The van der Waals surface area contributed by atoms with E-state index in [2.05, 4.69) is 23.7 Å². The van der Waals surface area contributed by atoms with Crippen molar-refractivity contribution in [3.63, 3.8) is 0 Å². The van der Waals surface area contributed by atoms with Gasteiger partial charge in [0.05, 0.1) is 0 Å². The van der Waals surface area contributed by atoms with Crippen molar-refractivity contribution < 1.29 is 13.9 Å². The molecule has 0 saturated carbocycles. The van der Waals surface area contributed by atoms with Gasteiger partial charge in [0.1, 0.15) is 29.2 Å². The van der Waals surface area contributed by atoms with Gasteiger partial charge in [-0.3, -0.25) is 9.69 Å². The van der Waals surface area contributed by atoms with Crippen LogP contribution in [0, 0.1) is 12.7 Å². The first kappa shape index (κ1) is 22.7. The second-order valence-corrected chi connectivity index (χ2v) is 8.47. The predicted octanol–water partition coefficient (Wildman–Crippen LogP) is 3.77. The second kappa shape index (κ2) is 9.54. The van der Waals surface area contributed by atoms with Crippen molar-refractivity contribution in [1.29, 1.82) is 0 Å². The molecular formula is C25H28FN5O2. The molecule has 0 radical (unpaired) electrons. The summed E-state index contributed by atoms with van der Waals surface area (Å²) in [4.78, 5) is 25.8. The molecule has 0 spiro atoms. The van der Waals surface area contributed by atoms with Crippen LogP contribution in [0.3, 0.4) is 0 Å². The quantitative estimate of drug-likeness (QED) is 0.617. The number of ether oxygens (including phenoxy) is 1. The van der Waals surface area contributed by atoms with E-state index in [1.54, 1.807) is 12.1 Å². The smallest absolute Gasteiger partial charge is 0.241 e. The summed E-state index contributed by atoms with van der Waals surface area (Å²) in [5, 5.41) is 0. The van der Waals surface area contributed by atoms with Gasteiger partial charge in [0.15, 0.2) is 5.82 Å². The zero-order chi connectivity index (χ0) is 23.5. The lowest BCUT2D eigenvalue weighted by molar-refractivity contribution is -0.120. The summed E-state index contributed by atoms with van der Waals surface area (Å²) in [6.07, 6.45) is 0. The minimum atomic E-state index is -0.449. The van der Waals surface area contributed by atoms with Gasteiger partial charge in [-0.05, 0) is 69.3 Å². The van der Waals surface area contributed by atoms with E-state index in [9.17, 15) is 9.18 Å². The number of hydrogen-bond acceptors (Lipinski definition) is 6. The summed E-state index contributed by atoms with van der Waals surface area (Å²) in [5.74, 6) is 1.76. The predicted molar refractivity (Wildman–Crippen MR) is 126 cm³/mol. The molecule has 2 aromatic carbocycles. The van der Waals surface area contributed by atoms with E-state index >= 15 is 0 Å². The van der Waals surface area contributed by atoms with E-state index in [1.807, 2.05) is 42.2 Å². The third kappa shape index (κ3) is 5.28. The van der Waals surface area contributed by atoms with E-state index in [0.717, 1.165) is 17.8 Å². The Balaban J connectivity index is 1.57. The fourth-order valence-corrected chi connectivity index (χ4v) is 3.93. The largest absolute Gasteiger partial charge is 0.457 e.